The Morgan fingerprint density at radius 1 is 1.33 bits per heavy atom. The van der Waals surface area contributed by atoms with Gasteiger partial charge in [0, 0.05) is 17.6 Å². The highest BCUT2D eigenvalue weighted by molar-refractivity contribution is 7.09. The molecule has 0 saturated heterocycles. The number of anilines is 1. The summed E-state index contributed by atoms with van der Waals surface area (Å²) in [4.78, 5) is 16.5. The molecule has 4 nitrogen and oxygen atoms in total. The second kappa shape index (κ2) is 7.90. The third kappa shape index (κ3) is 4.95. The van der Waals surface area contributed by atoms with E-state index in [1.807, 2.05) is 29.6 Å². The second-order valence-corrected chi connectivity index (χ2v) is 5.73. The van der Waals surface area contributed by atoms with Gasteiger partial charge in [-0.25, -0.2) is 4.98 Å². The molecule has 0 bridgehead atoms. The molecular weight excluding hydrogens is 282 g/mol. The molecule has 5 heteroatoms. The van der Waals surface area contributed by atoms with Crippen LogP contribution in [0.15, 0.2) is 29.6 Å². The molecule has 0 unspecified atom stereocenters. The maximum absolute atomic E-state index is 12.0. The van der Waals surface area contributed by atoms with E-state index in [0.717, 1.165) is 41.5 Å². The average Bonchev–Trinajstić information content (AvgIpc) is 2.93. The molecule has 1 aromatic heterocycles. The smallest absolute Gasteiger partial charge is 0.230 e. The van der Waals surface area contributed by atoms with Gasteiger partial charge in [-0.05, 0) is 30.7 Å². The number of benzene rings is 1. The predicted molar refractivity (Wildman–Crippen MR) is 87.6 cm³/mol. The number of carbonyl (C=O) groups is 1. The van der Waals surface area contributed by atoms with Gasteiger partial charge in [-0.1, -0.05) is 26.0 Å². The number of thiazole rings is 1. The first-order valence-corrected chi connectivity index (χ1v) is 8.12. The quantitative estimate of drug-likeness (QED) is 0.827. The van der Waals surface area contributed by atoms with Gasteiger partial charge in [0.15, 0.2) is 0 Å². The van der Waals surface area contributed by atoms with Crippen LogP contribution in [0.2, 0.25) is 0 Å². The van der Waals surface area contributed by atoms with Crippen molar-refractivity contribution in [2.45, 2.75) is 33.2 Å². The molecule has 0 spiro atoms. The Balaban J connectivity index is 1.92. The van der Waals surface area contributed by atoms with E-state index in [-0.39, 0.29) is 5.91 Å². The lowest BCUT2D eigenvalue weighted by molar-refractivity contribution is -0.115. The summed E-state index contributed by atoms with van der Waals surface area (Å²) in [7, 11) is 0. The van der Waals surface area contributed by atoms with Crippen LogP contribution in [-0.4, -0.2) is 17.4 Å². The summed E-state index contributed by atoms with van der Waals surface area (Å²) in [6.07, 6.45) is 1.24. The zero-order chi connectivity index (χ0) is 15.1. The van der Waals surface area contributed by atoms with Crippen LogP contribution in [0.1, 0.15) is 30.1 Å². The van der Waals surface area contributed by atoms with Crippen molar-refractivity contribution in [3.63, 3.8) is 0 Å². The Bertz CT molecular complexity index is 595. The van der Waals surface area contributed by atoms with E-state index in [4.69, 9.17) is 0 Å². The van der Waals surface area contributed by atoms with Crippen molar-refractivity contribution in [2.75, 3.05) is 11.9 Å². The highest BCUT2D eigenvalue weighted by atomic mass is 32.1. The maximum Gasteiger partial charge on any atom is 0.230 e. The van der Waals surface area contributed by atoms with Crippen LogP contribution in [0.5, 0.6) is 0 Å². The van der Waals surface area contributed by atoms with E-state index >= 15 is 0 Å². The molecule has 0 atom stereocenters. The van der Waals surface area contributed by atoms with Crippen molar-refractivity contribution >= 4 is 22.9 Å². The minimum Gasteiger partial charge on any atom is -0.326 e. The molecule has 0 aliphatic heterocycles. The van der Waals surface area contributed by atoms with Crippen molar-refractivity contribution in [1.29, 1.82) is 0 Å². The third-order valence-corrected chi connectivity index (χ3v) is 4.08. The predicted octanol–water partition coefficient (Wildman–Crippen LogP) is 3.00. The fraction of sp³-hybridized carbons (Fsp3) is 0.375. The third-order valence-electron chi connectivity index (χ3n) is 3.03. The molecule has 2 rings (SSSR count). The average molecular weight is 303 g/mol. The summed E-state index contributed by atoms with van der Waals surface area (Å²) in [5, 5.41) is 9.24. The zero-order valence-electron chi connectivity index (χ0n) is 12.5. The number of hydrogen-bond donors (Lipinski definition) is 2. The minimum atomic E-state index is -0.0245. The fourth-order valence-corrected chi connectivity index (χ4v) is 2.74. The number of aryl methyl sites for hydroxylation is 1. The van der Waals surface area contributed by atoms with Crippen LogP contribution >= 0.6 is 11.3 Å². The summed E-state index contributed by atoms with van der Waals surface area (Å²) in [6, 6.07) is 7.91. The lowest BCUT2D eigenvalue weighted by Gasteiger charge is -2.07. The SMILES string of the molecule is CCNCc1cccc(NC(=O)Cc2csc(CC)n2)c1. The van der Waals surface area contributed by atoms with Crippen molar-refractivity contribution in [1.82, 2.24) is 10.3 Å². The van der Waals surface area contributed by atoms with Crippen LogP contribution in [0.4, 0.5) is 5.69 Å². The Hall–Kier alpha value is -1.72. The van der Waals surface area contributed by atoms with Crippen LogP contribution in [-0.2, 0) is 24.2 Å². The van der Waals surface area contributed by atoms with Gasteiger partial charge in [0.2, 0.25) is 5.91 Å². The molecule has 0 saturated carbocycles. The number of rotatable bonds is 7. The lowest BCUT2D eigenvalue weighted by atomic mass is 10.2. The van der Waals surface area contributed by atoms with E-state index in [9.17, 15) is 4.79 Å². The molecule has 2 N–H and O–H groups in total. The first-order chi connectivity index (χ1) is 10.2. The minimum absolute atomic E-state index is 0.0245. The molecule has 0 aliphatic carbocycles. The Morgan fingerprint density at radius 2 is 2.19 bits per heavy atom. The van der Waals surface area contributed by atoms with Gasteiger partial charge in [0.1, 0.15) is 0 Å². The highest BCUT2D eigenvalue weighted by Gasteiger charge is 2.07. The fourth-order valence-electron chi connectivity index (χ4n) is 1.99. The summed E-state index contributed by atoms with van der Waals surface area (Å²) < 4.78 is 0. The summed E-state index contributed by atoms with van der Waals surface area (Å²) in [6.45, 7) is 5.88. The zero-order valence-corrected chi connectivity index (χ0v) is 13.3. The van der Waals surface area contributed by atoms with Crippen LogP contribution in [0.3, 0.4) is 0 Å². The molecule has 0 radical (unpaired) electrons. The van der Waals surface area contributed by atoms with E-state index < -0.39 is 0 Å². The van der Waals surface area contributed by atoms with Gasteiger partial charge in [0.25, 0.3) is 0 Å². The Kier molecular flexibility index (Phi) is 5.90. The summed E-state index contributed by atoms with van der Waals surface area (Å²) in [5.74, 6) is -0.0245. The van der Waals surface area contributed by atoms with Gasteiger partial charge in [-0.15, -0.1) is 11.3 Å². The number of nitrogens with one attached hydrogen (secondary N) is 2. The van der Waals surface area contributed by atoms with Crippen LogP contribution in [0.25, 0.3) is 0 Å². The number of carbonyl (C=O) groups excluding carboxylic acids is 1. The Labute approximate surface area is 129 Å². The van der Waals surface area contributed by atoms with Gasteiger partial charge in [-0.3, -0.25) is 4.79 Å². The van der Waals surface area contributed by atoms with Crippen molar-refractivity contribution in [3.05, 3.63) is 45.9 Å². The van der Waals surface area contributed by atoms with Gasteiger partial charge in [0.05, 0.1) is 17.1 Å². The standard InChI is InChI=1S/C16H21N3OS/c1-3-16-19-14(11-21-16)9-15(20)18-13-7-5-6-12(8-13)10-17-4-2/h5-8,11,17H,3-4,9-10H2,1-2H3,(H,18,20). The van der Waals surface area contributed by atoms with Gasteiger partial charge < -0.3 is 10.6 Å². The van der Waals surface area contributed by atoms with Gasteiger partial charge >= 0.3 is 0 Å². The molecule has 0 aliphatic rings. The lowest BCUT2D eigenvalue weighted by Crippen LogP contribution is -2.15. The number of hydrogen-bond acceptors (Lipinski definition) is 4. The highest BCUT2D eigenvalue weighted by Crippen LogP contribution is 2.13. The molecule has 2 aromatic rings. The number of aromatic nitrogens is 1. The molecule has 21 heavy (non-hydrogen) atoms. The number of amides is 1. The van der Waals surface area contributed by atoms with Crippen molar-refractivity contribution in [2.24, 2.45) is 0 Å². The normalized spacial score (nSPS) is 10.6. The molecule has 112 valence electrons. The molecule has 1 amide bonds. The second-order valence-electron chi connectivity index (χ2n) is 4.79. The maximum atomic E-state index is 12.0. The summed E-state index contributed by atoms with van der Waals surface area (Å²) >= 11 is 1.61. The molecular formula is C16H21N3OS. The van der Waals surface area contributed by atoms with E-state index in [0.29, 0.717) is 6.42 Å². The largest absolute Gasteiger partial charge is 0.326 e. The van der Waals surface area contributed by atoms with E-state index in [1.54, 1.807) is 11.3 Å². The van der Waals surface area contributed by atoms with Crippen LogP contribution in [0, 0.1) is 0 Å². The molecule has 1 aromatic carbocycles. The first kappa shape index (κ1) is 15.7. The van der Waals surface area contributed by atoms with E-state index in [1.165, 1.54) is 0 Å². The Morgan fingerprint density at radius 3 is 2.90 bits per heavy atom. The van der Waals surface area contributed by atoms with Crippen LogP contribution < -0.4 is 10.6 Å². The molecule has 1 heterocycles. The summed E-state index contributed by atoms with van der Waals surface area (Å²) in [5.41, 5.74) is 2.84. The number of nitrogens with zero attached hydrogens (tertiary/aromatic N) is 1. The topological polar surface area (TPSA) is 54.0 Å². The van der Waals surface area contributed by atoms with Gasteiger partial charge in [-0.2, -0.15) is 0 Å². The van der Waals surface area contributed by atoms with Crippen molar-refractivity contribution in [3.8, 4) is 0 Å². The molecule has 0 fully saturated rings. The van der Waals surface area contributed by atoms with Crippen molar-refractivity contribution < 1.29 is 4.79 Å². The van der Waals surface area contributed by atoms with E-state index in [2.05, 4.69) is 29.5 Å². The monoisotopic (exact) mass is 303 g/mol. The first-order valence-electron chi connectivity index (χ1n) is 7.24.